The van der Waals surface area contributed by atoms with Gasteiger partial charge < -0.3 is 10.6 Å². The summed E-state index contributed by atoms with van der Waals surface area (Å²) in [6, 6.07) is 3.65. The molecular weight excluding hydrogens is 250 g/mol. The highest BCUT2D eigenvalue weighted by molar-refractivity contribution is 5.95. The fraction of sp³-hybridized carbons (Fsp3) is 0.625. The molecule has 0 fully saturated rings. The SMILES string of the molecule is CCCc1cc(C(=O)N(C)C(C)C(C)(C)C)cc(N)n1. The number of nitrogens with two attached hydrogens (primary N) is 1. The minimum Gasteiger partial charge on any atom is -0.384 e. The molecule has 1 heterocycles. The quantitative estimate of drug-likeness (QED) is 0.920. The summed E-state index contributed by atoms with van der Waals surface area (Å²) in [4.78, 5) is 18.6. The summed E-state index contributed by atoms with van der Waals surface area (Å²) < 4.78 is 0. The highest BCUT2D eigenvalue weighted by atomic mass is 16.2. The fourth-order valence-corrected chi connectivity index (χ4v) is 2.08. The molecule has 0 saturated heterocycles. The highest BCUT2D eigenvalue weighted by Crippen LogP contribution is 2.24. The molecule has 112 valence electrons. The molecule has 20 heavy (non-hydrogen) atoms. The molecule has 1 amide bonds. The van der Waals surface area contributed by atoms with Crippen molar-refractivity contribution < 1.29 is 4.79 Å². The number of amides is 1. The number of rotatable bonds is 4. The van der Waals surface area contributed by atoms with Gasteiger partial charge in [0.05, 0.1) is 0 Å². The maximum absolute atomic E-state index is 12.6. The molecule has 1 atom stereocenters. The Labute approximate surface area is 122 Å². The van der Waals surface area contributed by atoms with Crippen LogP contribution >= 0.6 is 0 Å². The Morgan fingerprint density at radius 3 is 2.50 bits per heavy atom. The first-order chi connectivity index (χ1) is 9.16. The summed E-state index contributed by atoms with van der Waals surface area (Å²) in [5.41, 5.74) is 7.35. The lowest BCUT2D eigenvalue weighted by Gasteiger charge is -2.35. The molecule has 4 nitrogen and oxygen atoms in total. The van der Waals surface area contributed by atoms with Crippen LogP contribution in [0.1, 0.15) is 57.1 Å². The van der Waals surface area contributed by atoms with E-state index in [4.69, 9.17) is 5.73 Å². The van der Waals surface area contributed by atoms with Crippen LogP contribution in [-0.4, -0.2) is 28.9 Å². The van der Waals surface area contributed by atoms with Crippen LogP contribution in [0, 0.1) is 5.41 Å². The highest BCUT2D eigenvalue weighted by Gasteiger charge is 2.27. The van der Waals surface area contributed by atoms with Crippen LogP contribution in [0.2, 0.25) is 0 Å². The van der Waals surface area contributed by atoms with Crippen molar-refractivity contribution in [3.05, 3.63) is 23.4 Å². The Morgan fingerprint density at radius 2 is 2.00 bits per heavy atom. The van der Waals surface area contributed by atoms with Crippen LogP contribution in [0.4, 0.5) is 5.82 Å². The van der Waals surface area contributed by atoms with Gasteiger partial charge in [-0.1, -0.05) is 34.1 Å². The molecule has 1 unspecified atom stereocenters. The van der Waals surface area contributed by atoms with Gasteiger partial charge in [0, 0.05) is 24.3 Å². The zero-order chi connectivity index (χ0) is 15.5. The Bertz CT molecular complexity index is 477. The number of carbonyl (C=O) groups excluding carboxylic acids is 1. The lowest BCUT2D eigenvalue weighted by molar-refractivity contribution is 0.0629. The Kier molecular flexibility index (Phi) is 5.15. The molecule has 0 aromatic carbocycles. The van der Waals surface area contributed by atoms with Gasteiger partial charge in [-0.15, -0.1) is 0 Å². The van der Waals surface area contributed by atoms with Crippen LogP contribution in [0.25, 0.3) is 0 Å². The number of aromatic nitrogens is 1. The average Bonchev–Trinajstić information content (AvgIpc) is 2.34. The van der Waals surface area contributed by atoms with Gasteiger partial charge in [0.25, 0.3) is 5.91 Å². The molecule has 0 aliphatic heterocycles. The molecule has 0 spiro atoms. The number of hydrogen-bond donors (Lipinski definition) is 1. The number of nitrogen functional groups attached to an aromatic ring is 1. The normalized spacial score (nSPS) is 13.1. The van der Waals surface area contributed by atoms with E-state index >= 15 is 0 Å². The van der Waals surface area contributed by atoms with Crippen LogP contribution in [0.3, 0.4) is 0 Å². The molecule has 0 aliphatic carbocycles. The van der Waals surface area contributed by atoms with Crippen LogP contribution in [0.5, 0.6) is 0 Å². The zero-order valence-corrected chi connectivity index (χ0v) is 13.5. The van der Waals surface area contributed by atoms with E-state index in [9.17, 15) is 4.79 Å². The van der Waals surface area contributed by atoms with Crippen LogP contribution in [0.15, 0.2) is 12.1 Å². The maximum Gasteiger partial charge on any atom is 0.254 e. The van der Waals surface area contributed by atoms with Crippen molar-refractivity contribution in [2.24, 2.45) is 5.41 Å². The molecule has 0 bridgehead atoms. The molecule has 2 N–H and O–H groups in total. The molecule has 4 heteroatoms. The van der Waals surface area contributed by atoms with Gasteiger partial charge in [-0.2, -0.15) is 0 Å². The Hall–Kier alpha value is -1.58. The summed E-state index contributed by atoms with van der Waals surface area (Å²) in [6.45, 7) is 10.5. The lowest BCUT2D eigenvalue weighted by atomic mass is 9.87. The van der Waals surface area contributed by atoms with E-state index in [1.54, 1.807) is 11.0 Å². The van der Waals surface area contributed by atoms with Crippen molar-refractivity contribution in [2.75, 3.05) is 12.8 Å². The van der Waals surface area contributed by atoms with Crippen molar-refractivity contribution in [1.82, 2.24) is 9.88 Å². The van der Waals surface area contributed by atoms with E-state index in [1.807, 2.05) is 13.1 Å². The van der Waals surface area contributed by atoms with Crippen molar-refractivity contribution in [3.8, 4) is 0 Å². The number of pyridine rings is 1. The first-order valence-electron chi connectivity index (χ1n) is 7.20. The van der Waals surface area contributed by atoms with Crippen molar-refractivity contribution >= 4 is 11.7 Å². The van der Waals surface area contributed by atoms with Gasteiger partial charge >= 0.3 is 0 Å². The molecule has 1 aromatic rings. The van der Waals surface area contributed by atoms with Gasteiger partial charge in [0.15, 0.2) is 0 Å². The maximum atomic E-state index is 12.6. The van der Waals surface area contributed by atoms with E-state index < -0.39 is 0 Å². The molecule has 0 radical (unpaired) electrons. The van der Waals surface area contributed by atoms with E-state index in [0.29, 0.717) is 11.4 Å². The fourth-order valence-electron chi connectivity index (χ4n) is 2.08. The second kappa shape index (κ2) is 6.25. The summed E-state index contributed by atoms with van der Waals surface area (Å²) in [6.07, 6.45) is 1.82. The molecule has 1 aromatic heterocycles. The first kappa shape index (κ1) is 16.5. The third-order valence-corrected chi connectivity index (χ3v) is 3.81. The van der Waals surface area contributed by atoms with Crippen LogP contribution < -0.4 is 5.73 Å². The molecule has 1 rings (SSSR count). The van der Waals surface area contributed by atoms with Gasteiger partial charge in [-0.3, -0.25) is 4.79 Å². The summed E-state index contributed by atoms with van der Waals surface area (Å²) in [5, 5.41) is 0. The Balaban J connectivity index is 3.02. The second-order valence-corrected chi connectivity index (χ2v) is 6.48. The first-order valence-corrected chi connectivity index (χ1v) is 7.20. The van der Waals surface area contributed by atoms with Gasteiger partial charge in [-0.25, -0.2) is 4.98 Å². The predicted octanol–water partition coefficient (Wildman–Crippen LogP) is 3.12. The number of carbonyl (C=O) groups is 1. The number of nitrogens with zero attached hydrogens (tertiary/aromatic N) is 2. The standard InChI is InChI=1S/C16H27N3O/c1-7-8-13-9-12(10-14(17)18-13)15(20)19(6)11(2)16(3,4)5/h9-11H,7-8H2,1-6H3,(H2,17,18). The zero-order valence-electron chi connectivity index (χ0n) is 13.5. The van der Waals surface area contributed by atoms with E-state index in [1.165, 1.54) is 0 Å². The van der Waals surface area contributed by atoms with E-state index in [0.717, 1.165) is 18.5 Å². The van der Waals surface area contributed by atoms with Gasteiger partial charge in [-0.05, 0) is 30.9 Å². The summed E-state index contributed by atoms with van der Waals surface area (Å²) in [7, 11) is 1.84. The predicted molar refractivity (Wildman–Crippen MR) is 83.7 cm³/mol. The smallest absolute Gasteiger partial charge is 0.254 e. The van der Waals surface area contributed by atoms with Crippen molar-refractivity contribution in [2.45, 2.75) is 53.5 Å². The minimum atomic E-state index is -0.00104. The summed E-state index contributed by atoms with van der Waals surface area (Å²) in [5.74, 6) is 0.412. The average molecular weight is 277 g/mol. The number of hydrogen-bond acceptors (Lipinski definition) is 3. The monoisotopic (exact) mass is 277 g/mol. The van der Waals surface area contributed by atoms with Gasteiger partial charge in [0.2, 0.25) is 0 Å². The number of anilines is 1. The Morgan fingerprint density at radius 1 is 1.40 bits per heavy atom. The summed E-state index contributed by atoms with van der Waals surface area (Å²) >= 11 is 0. The lowest BCUT2D eigenvalue weighted by Crippen LogP contribution is -2.43. The minimum absolute atomic E-state index is 0.00104. The van der Waals surface area contributed by atoms with Gasteiger partial charge in [0.1, 0.15) is 5.82 Å². The third kappa shape index (κ3) is 3.95. The van der Waals surface area contributed by atoms with E-state index in [2.05, 4.69) is 39.6 Å². The molecular formula is C16H27N3O. The van der Waals surface area contributed by atoms with E-state index in [-0.39, 0.29) is 17.4 Å². The van der Waals surface area contributed by atoms with Crippen molar-refractivity contribution in [1.29, 1.82) is 0 Å². The molecule has 0 saturated carbocycles. The second-order valence-electron chi connectivity index (χ2n) is 6.48. The number of aryl methyl sites for hydroxylation is 1. The topological polar surface area (TPSA) is 59.2 Å². The largest absolute Gasteiger partial charge is 0.384 e. The van der Waals surface area contributed by atoms with Crippen LogP contribution in [-0.2, 0) is 6.42 Å². The third-order valence-electron chi connectivity index (χ3n) is 3.81. The molecule has 0 aliphatic rings. The van der Waals surface area contributed by atoms with Crippen molar-refractivity contribution in [3.63, 3.8) is 0 Å².